The number of likely N-dealkylation sites (tertiary alicyclic amines) is 1. The highest BCUT2D eigenvalue weighted by Crippen LogP contribution is 2.26. The molecule has 0 saturated carbocycles. The smallest absolute Gasteiger partial charge is 0.291 e. The van der Waals surface area contributed by atoms with Crippen molar-refractivity contribution in [3.8, 4) is 0 Å². The van der Waals surface area contributed by atoms with Gasteiger partial charge in [0.15, 0.2) is 0 Å². The van der Waals surface area contributed by atoms with Crippen LogP contribution >= 0.6 is 0 Å². The van der Waals surface area contributed by atoms with Crippen LogP contribution in [0.4, 0.5) is 14.6 Å². The minimum atomic E-state index is -2.59. The van der Waals surface area contributed by atoms with Crippen molar-refractivity contribution in [2.24, 2.45) is 0 Å². The molecule has 0 spiro atoms. The zero-order valence-corrected chi connectivity index (χ0v) is 20.3. The second kappa shape index (κ2) is 10.9. The Morgan fingerprint density at radius 2 is 1.94 bits per heavy atom. The van der Waals surface area contributed by atoms with Gasteiger partial charge in [0.05, 0.1) is 31.4 Å². The van der Waals surface area contributed by atoms with E-state index in [0.29, 0.717) is 38.8 Å². The number of nitrogens with zero attached hydrogens (tertiary/aromatic N) is 7. The van der Waals surface area contributed by atoms with E-state index in [-0.39, 0.29) is 18.9 Å². The lowest BCUT2D eigenvalue weighted by Crippen LogP contribution is -2.56. The standard InChI is InChI=1S/C24H30F2N8O2/c1-31(2)21-12-19(8-10-32-15-24(25,26)16-32)29-34(21)11-9-20(14-35)28-23(36)22-27-17-33(30-22)13-18-6-4-3-5-7-18/h3-7,12,14,17,20H,8-11,13,15-16H2,1-2H3,(H,28,36)/t20-/m1/s1. The molecule has 36 heavy (non-hydrogen) atoms. The van der Waals surface area contributed by atoms with Gasteiger partial charge in [0.2, 0.25) is 5.82 Å². The first kappa shape index (κ1) is 25.4. The molecule has 3 aromatic rings. The Hall–Kier alpha value is -3.67. The van der Waals surface area contributed by atoms with Crippen LogP contribution in [-0.2, 0) is 24.3 Å². The molecular weight excluding hydrogens is 470 g/mol. The maximum Gasteiger partial charge on any atom is 0.291 e. The molecule has 1 atom stereocenters. The molecule has 1 aliphatic rings. The van der Waals surface area contributed by atoms with Gasteiger partial charge in [-0.1, -0.05) is 30.3 Å². The zero-order valence-electron chi connectivity index (χ0n) is 20.3. The van der Waals surface area contributed by atoms with Crippen molar-refractivity contribution in [1.82, 2.24) is 34.8 Å². The number of anilines is 1. The predicted molar refractivity (Wildman–Crippen MR) is 129 cm³/mol. The van der Waals surface area contributed by atoms with Gasteiger partial charge in [-0.3, -0.25) is 9.69 Å². The average Bonchev–Trinajstić information content (AvgIpc) is 3.47. The van der Waals surface area contributed by atoms with Crippen molar-refractivity contribution >= 4 is 18.0 Å². The second-order valence-electron chi connectivity index (χ2n) is 9.18. The van der Waals surface area contributed by atoms with Crippen LogP contribution in [0.2, 0.25) is 0 Å². The molecule has 0 bridgehead atoms. The summed E-state index contributed by atoms with van der Waals surface area (Å²) in [6.07, 6.45) is 3.03. The molecule has 1 aliphatic heterocycles. The maximum atomic E-state index is 13.1. The Balaban J connectivity index is 1.31. The third-order valence-electron chi connectivity index (χ3n) is 5.92. The minimum absolute atomic E-state index is 0.00953. The fourth-order valence-corrected chi connectivity index (χ4v) is 4.06. The quantitative estimate of drug-likeness (QED) is 0.376. The first-order valence-corrected chi connectivity index (χ1v) is 11.8. The summed E-state index contributed by atoms with van der Waals surface area (Å²) in [5, 5.41) is 11.5. The van der Waals surface area contributed by atoms with Crippen molar-refractivity contribution in [2.45, 2.75) is 37.9 Å². The number of hydrogen-bond acceptors (Lipinski definition) is 7. The molecule has 0 aliphatic carbocycles. The predicted octanol–water partition coefficient (Wildman–Crippen LogP) is 1.47. The highest BCUT2D eigenvalue weighted by Gasteiger charge is 2.43. The van der Waals surface area contributed by atoms with Crippen LogP contribution < -0.4 is 10.2 Å². The SMILES string of the molecule is CN(C)c1cc(CCN2CC(F)(F)C2)nn1CC[C@H](C=O)NC(=O)c1ncn(Cc2ccccc2)n1. The van der Waals surface area contributed by atoms with Crippen LogP contribution in [0.1, 0.15) is 28.3 Å². The lowest BCUT2D eigenvalue weighted by Gasteiger charge is -2.38. The number of aldehydes is 1. The highest BCUT2D eigenvalue weighted by molar-refractivity contribution is 5.92. The average molecular weight is 501 g/mol. The normalized spacial score (nSPS) is 15.8. The van der Waals surface area contributed by atoms with Gasteiger partial charge < -0.3 is 15.0 Å². The number of benzene rings is 1. The highest BCUT2D eigenvalue weighted by atomic mass is 19.3. The number of amides is 1. The lowest BCUT2D eigenvalue weighted by molar-refractivity contribution is -0.129. The number of carbonyl (C=O) groups excluding carboxylic acids is 2. The van der Waals surface area contributed by atoms with E-state index in [1.165, 1.54) is 6.33 Å². The first-order valence-electron chi connectivity index (χ1n) is 11.8. The summed E-state index contributed by atoms with van der Waals surface area (Å²) in [7, 11) is 3.76. The van der Waals surface area contributed by atoms with Crippen LogP contribution in [0, 0.1) is 0 Å². The monoisotopic (exact) mass is 500 g/mol. The van der Waals surface area contributed by atoms with Gasteiger partial charge in [-0.2, -0.15) is 5.10 Å². The number of rotatable bonds is 12. The molecule has 1 saturated heterocycles. The van der Waals surface area contributed by atoms with E-state index in [4.69, 9.17) is 0 Å². The number of alkyl halides is 2. The van der Waals surface area contributed by atoms with Crippen molar-refractivity contribution in [1.29, 1.82) is 0 Å². The van der Waals surface area contributed by atoms with Crippen LogP contribution in [0.25, 0.3) is 0 Å². The van der Waals surface area contributed by atoms with Crippen LogP contribution in [0.15, 0.2) is 42.7 Å². The molecule has 1 aromatic carbocycles. The van der Waals surface area contributed by atoms with Crippen LogP contribution in [-0.4, -0.2) is 87.3 Å². The third-order valence-corrected chi connectivity index (χ3v) is 5.92. The maximum absolute atomic E-state index is 13.1. The molecule has 10 nitrogen and oxygen atoms in total. The molecule has 4 rings (SSSR count). The summed E-state index contributed by atoms with van der Waals surface area (Å²) in [6.45, 7) is 0.946. The van der Waals surface area contributed by atoms with E-state index in [9.17, 15) is 18.4 Å². The summed E-state index contributed by atoms with van der Waals surface area (Å²) in [5.41, 5.74) is 1.81. The molecule has 3 heterocycles. The van der Waals surface area contributed by atoms with Crippen molar-refractivity contribution < 1.29 is 18.4 Å². The fourth-order valence-electron chi connectivity index (χ4n) is 4.06. The van der Waals surface area contributed by atoms with Crippen molar-refractivity contribution in [3.63, 3.8) is 0 Å². The molecule has 0 radical (unpaired) electrons. The third kappa shape index (κ3) is 6.51. The van der Waals surface area contributed by atoms with Gasteiger partial charge in [0.1, 0.15) is 18.4 Å². The van der Waals surface area contributed by atoms with Gasteiger partial charge in [-0.25, -0.2) is 23.1 Å². The molecule has 0 unspecified atom stereocenters. The lowest BCUT2D eigenvalue weighted by atomic mass is 10.1. The van der Waals surface area contributed by atoms with E-state index in [2.05, 4.69) is 20.5 Å². The number of hydrogen-bond donors (Lipinski definition) is 1. The Bertz CT molecular complexity index is 1170. The number of carbonyl (C=O) groups is 2. The molecular formula is C24H30F2N8O2. The second-order valence-corrected chi connectivity index (χ2v) is 9.18. The first-order chi connectivity index (χ1) is 17.2. The summed E-state index contributed by atoms with van der Waals surface area (Å²) in [4.78, 5) is 31.9. The fraction of sp³-hybridized carbons (Fsp3) is 0.458. The Labute approximate surface area is 207 Å². The van der Waals surface area contributed by atoms with Crippen molar-refractivity contribution in [2.75, 3.05) is 38.6 Å². The molecule has 1 amide bonds. The largest absolute Gasteiger partial charge is 0.363 e. The summed E-state index contributed by atoms with van der Waals surface area (Å²) in [5.74, 6) is -2.29. The number of aryl methyl sites for hydroxylation is 1. The Kier molecular flexibility index (Phi) is 7.73. The van der Waals surface area contributed by atoms with Crippen LogP contribution in [0.3, 0.4) is 0 Å². The van der Waals surface area contributed by atoms with E-state index >= 15 is 0 Å². The molecule has 12 heteroatoms. The molecule has 1 N–H and O–H groups in total. The molecule has 1 fully saturated rings. The topological polar surface area (TPSA) is 101 Å². The van der Waals surface area contributed by atoms with Gasteiger partial charge >= 0.3 is 0 Å². The van der Waals surface area contributed by atoms with E-state index in [1.807, 2.05) is 55.4 Å². The summed E-state index contributed by atoms with van der Waals surface area (Å²) < 4.78 is 29.4. The summed E-state index contributed by atoms with van der Waals surface area (Å²) in [6, 6.07) is 10.8. The molecule has 192 valence electrons. The molecule has 2 aromatic heterocycles. The number of halogens is 2. The Morgan fingerprint density at radius 1 is 1.19 bits per heavy atom. The van der Waals surface area contributed by atoms with Gasteiger partial charge in [0.25, 0.3) is 11.8 Å². The van der Waals surface area contributed by atoms with Crippen molar-refractivity contribution in [3.05, 3.63) is 59.8 Å². The Morgan fingerprint density at radius 3 is 2.61 bits per heavy atom. The van der Waals surface area contributed by atoms with Crippen LogP contribution in [0.5, 0.6) is 0 Å². The zero-order chi connectivity index (χ0) is 25.7. The van der Waals surface area contributed by atoms with E-state index in [1.54, 1.807) is 14.3 Å². The number of nitrogens with one attached hydrogen (secondary N) is 1. The van der Waals surface area contributed by atoms with Gasteiger partial charge in [-0.15, -0.1) is 5.10 Å². The van der Waals surface area contributed by atoms with E-state index < -0.39 is 17.9 Å². The van der Waals surface area contributed by atoms with E-state index in [0.717, 1.165) is 17.1 Å². The van der Waals surface area contributed by atoms with Gasteiger partial charge in [0, 0.05) is 39.7 Å². The van der Waals surface area contributed by atoms with Gasteiger partial charge in [-0.05, 0) is 12.0 Å². The minimum Gasteiger partial charge on any atom is -0.363 e. The summed E-state index contributed by atoms with van der Waals surface area (Å²) >= 11 is 0. The number of aromatic nitrogens is 5.